The number of sulfone groups is 1. The third-order valence-corrected chi connectivity index (χ3v) is 5.00. The number of oxazole rings is 1. The zero-order valence-electron chi connectivity index (χ0n) is 11.6. The summed E-state index contributed by atoms with van der Waals surface area (Å²) in [5.74, 6) is -0.520. The third kappa shape index (κ3) is 2.94. The van der Waals surface area contributed by atoms with Gasteiger partial charge >= 0.3 is 5.76 Å². The van der Waals surface area contributed by atoms with Crippen LogP contribution in [0, 0.1) is 0 Å². The first-order chi connectivity index (χ1) is 9.32. The van der Waals surface area contributed by atoms with E-state index in [0.29, 0.717) is 17.6 Å². The normalized spacial score (nSPS) is 15.3. The molecular formula is C13H18N2O4S. The van der Waals surface area contributed by atoms with Gasteiger partial charge in [-0.3, -0.25) is 4.98 Å². The number of rotatable bonds is 5. The smallest absolute Gasteiger partial charge is 0.408 e. The fraction of sp³-hybridized carbons (Fsp3) is 0.462. The van der Waals surface area contributed by atoms with E-state index in [1.165, 1.54) is 6.26 Å². The number of fused-ring (bicyclic) bond motifs is 1. The van der Waals surface area contributed by atoms with Gasteiger partial charge in [-0.1, -0.05) is 13.0 Å². The average molecular weight is 298 g/mol. The Morgan fingerprint density at radius 3 is 2.70 bits per heavy atom. The Morgan fingerprint density at radius 1 is 1.40 bits per heavy atom. The van der Waals surface area contributed by atoms with Crippen LogP contribution in [0.1, 0.15) is 25.5 Å². The SMILES string of the molecule is CCNC(c1ccc2[nH]c(=O)oc2c1)C(C)S(C)(=O)=O. The lowest BCUT2D eigenvalue weighted by Gasteiger charge is -2.23. The van der Waals surface area contributed by atoms with Gasteiger partial charge in [-0.2, -0.15) is 0 Å². The first-order valence-corrected chi connectivity index (χ1v) is 8.33. The fourth-order valence-corrected chi connectivity index (χ4v) is 2.93. The summed E-state index contributed by atoms with van der Waals surface area (Å²) in [5.41, 5.74) is 1.80. The minimum Gasteiger partial charge on any atom is -0.408 e. The Labute approximate surface area is 117 Å². The lowest BCUT2D eigenvalue weighted by Crippen LogP contribution is -2.34. The van der Waals surface area contributed by atoms with Crippen LogP contribution < -0.4 is 11.1 Å². The summed E-state index contributed by atoms with van der Waals surface area (Å²) in [6, 6.07) is 4.86. The van der Waals surface area contributed by atoms with E-state index in [4.69, 9.17) is 4.42 Å². The van der Waals surface area contributed by atoms with Crippen molar-refractivity contribution in [3.05, 3.63) is 34.3 Å². The molecule has 2 atom stereocenters. The second-order valence-electron chi connectivity index (χ2n) is 4.84. The third-order valence-electron chi connectivity index (χ3n) is 3.37. The van der Waals surface area contributed by atoms with Crippen molar-refractivity contribution in [2.75, 3.05) is 12.8 Å². The summed E-state index contributed by atoms with van der Waals surface area (Å²) >= 11 is 0. The molecule has 0 aliphatic rings. The summed E-state index contributed by atoms with van der Waals surface area (Å²) in [6.45, 7) is 4.22. The van der Waals surface area contributed by atoms with Gasteiger partial charge in [-0.25, -0.2) is 13.2 Å². The van der Waals surface area contributed by atoms with E-state index in [1.807, 2.05) is 6.92 Å². The molecule has 2 aromatic rings. The van der Waals surface area contributed by atoms with E-state index in [0.717, 1.165) is 5.56 Å². The lowest BCUT2D eigenvalue weighted by molar-refractivity contribution is 0.511. The molecule has 1 aromatic carbocycles. The standard InChI is InChI=1S/C13H18N2O4S/c1-4-14-12(8(2)20(3,17)18)9-5-6-10-11(7-9)19-13(16)15-10/h5-8,12,14H,4H2,1-3H3,(H,15,16). The van der Waals surface area contributed by atoms with Crippen LogP contribution in [0.3, 0.4) is 0 Å². The predicted octanol–water partition coefficient (Wildman–Crippen LogP) is 1.20. The van der Waals surface area contributed by atoms with E-state index in [9.17, 15) is 13.2 Å². The van der Waals surface area contributed by atoms with Gasteiger partial charge < -0.3 is 9.73 Å². The van der Waals surface area contributed by atoms with Gasteiger partial charge in [0.2, 0.25) is 0 Å². The number of aromatic amines is 1. The minimum atomic E-state index is -3.18. The van der Waals surface area contributed by atoms with E-state index in [-0.39, 0.29) is 6.04 Å². The van der Waals surface area contributed by atoms with Crippen LogP contribution in [-0.2, 0) is 9.84 Å². The van der Waals surface area contributed by atoms with Crippen LogP contribution in [0.15, 0.2) is 27.4 Å². The molecule has 7 heteroatoms. The van der Waals surface area contributed by atoms with Crippen molar-refractivity contribution in [1.82, 2.24) is 10.3 Å². The van der Waals surface area contributed by atoms with Crippen molar-refractivity contribution in [3.8, 4) is 0 Å². The largest absolute Gasteiger partial charge is 0.417 e. The fourth-order valence-electron chi connectivity index (χ4n) is 2.18. The molecule has 1 heterocycles. The molecule has 0 bridgehead atoms. The molecule has 0 spiro atoms. The molecule has 2 rings (SSSR count). The molecule has 2 N–H and O–H groups in total. The van der Waals surface area contributed by atoms with Gasteiger partial charge in [0.25, 0.3) is 0 Å². The van der Waals surface area contributed by atoms with Gasteiger partial charge in [0, 0.05) is 12.3 Å². The van der Waals surface area contributed by atoms with Crippen LogP contribution in [0.25, 0.3) is 11.1 Å². The molecule has 0 radical (unpaired) electrons. The zero-order valence-corrected chi connectivity index (χ0v) is 12.5. The van der Waals surface area contributed by atoms with Gasteiger partial charge in [0.05, 0.1) is 10.8 Å². The molecule has 6 nitrogen and oxygen atoms in total. The average Bonchev–Trinajstić information content (AvgIpc) is 2.73. The van der Waals surface area contributed by atoms with E-state index in [1.54, 1.807) is 25.1 Å². The highest BCUT2D eigenvalue weighted by atomic mass is 32.2. The minimum absolute atomic E-state index is 0.348. The molecule has 0 aliphatic carbocycles. The number of H-pyrrole nitrogens is 1. The zero-order chi connectivity index (χ0) is 14.9. The van der Waals surface area contributed by atoms with E-state index < -0.39 is 20.8 Å². The second-order valence-corrected chi connectivity index (χ2v) is 7.24. The Balaban J connectivity index is 2.48. The predicted molar refractivity (Wildman–Crippen MR) is 77.6 cm³/mol. The highest BCUT2D eigenvalue weighted by Crippen LogP contribution is 2.24. The summed E-state index contributed by atoms with van der Waals surface area (Å²) in [6.07, 6.45) is 1.22. The Bertz CT molecular complexity index is 760. The van der Waals surface area contributed by atoms with Crippen LogP contribution in [-0.4, -0.2) is 31.5 Å². The molecule has 1 aromatic heterocycles. The summed E-state index contributed by atoms with van der Waals surface area (Å²) in [7, 11) is -3.18. The molecule has 0 saturated carbocycles. The maximum absolute atomic E-state index is 11.8. The van der Waals surface area contributed by atoms with Crippen LogP contribution in [0.5, 0.6) is 0 Å². The molecule has 110 valence electrons. The maximum Gasteiger partial charge on any atom is 0.417 e. The van der Waals surface area contributed by atoms with E-state index in [2.05, 4.69) is 10.3 Å². The molecule has 2 unspecified atom stereocenters. The second kappa shape index (κ2) is 5.41. The summed E-state index contributed by atoms with van der Waals surface area (Å²) < 4.78 is 28.6. The topological polar surface area (TPSA) is 92.2 Å². The number of hydrogen-bond acceptors (Lipinski definition) is 5. The molecule has 0 saturated heterocycles. The van der Waals surface area contributed by atoms with Crippen LogP contribution in [0.2, 0.25) is 0 Å². The lowest BCUT2D eigenvalue weighted by atomic mass is 10.0. The molecule has 20 heavy (non-hydrogen) atoms. The van der Waals surface area contributed by atoms with Gasteiger partial charge in [0.15, 0.2) is 15.4 Å². The Morgan fingerprint density at radius 2 is 2.10 bits per heavy atom. The highest BCUT2D eigenvalue weighted by Gasteiger charge is 2.27. The van der Waals surface area contributed by atoms with Crippen molar-refractivity contribution < 1.29 is 12.8 Å². The summed E-state index contributed by atoms with van der Waals surface area (Å²) in [4.78, 5) is 13.7. The van der Waals surface area contributed by atoms with Crippen LogP contribution in [0.4, 0.5) is 0 Å². The highest BCUT2D eigenvalue weighted by molar-refractivity contribution is 7.91. The van der Waals surface area contributed by atoms with Crippen molar-refractivity contribution >= 4 is 20.9 Å². The molecule has 0 fully saturated rings. The summed E-state index contributed by atoms with van der Waals surface area (Å²) in [5, 5.41) is 2.59. The van der Waals surface area contributed by atoms with E-state index >= 15 is 0 Å². The molecule has 0 amide bonds. The van der Waals surface area contributed by atoms with Gasteiger partial charge in [-0.15, -0.1) is 0 Å². The first kappa shape index (κ1) is 14.8. The number of aromatic nitrogens is 1. The Hall–Kier alpha value is -1.60. The quantitative estimate of drug-likeness (QED) is 0.865. The van der Waals surface area contributed by atoms with Crippen LogP contribution >= 0.6 is 0 Å². The van der Waals surface area contributed by atoms with Crippen molar-refractivity contribution in [2.45, 2.75) is 25.1 Å². The Kier molecular flexibility index (Phi) is 4.01. The van der Waals surface area contributed by atoms with Gasteiger partial charge in [0.1, 0.15) is 0 Å². The number of nitrogens with one attached hydrogen (secondary N) is 2. The number of hydrogen-bond donors (Lipinski definition) is 2. The molecule has 0 aliphatic heterocycles. The van der Waals surface area contributed by atoms with Gasteiger partial charge in [-0.05, 0) is 31.2 Å². The monoisotopic (exact) mass is 298 g/mol. The number of benzene rings is 1. The molecular weight excluding hydrogens is 280 g/mol. The maximum atomic E-state index is 11.8. The van der Waals surface area contributed by atoms with Crippen molar-refractivity contribution in [2.24, 2.45) is 0 Å². The van der Waals surface area contributed by atoms with Crippen molar-refractivity contribution in [3.63, 3.8) is 0 Å². The van der Waals surface area contributed by atoms with Crippen molar-refractivity contribution in [1.29, 1.82) is 0 Å². The first-order valence-electron chi connectivity index (χ1n) is 6.38.